The lowest BCUT2D eigenvalue weighted by molar-refractivity contribution is -0.00888. The number of rotatable bonds is 12. The van der Waals surface area contributed by atoms with Crippen molar-refractivity contribution in [2.24, 2.45) is 29.6 Å². The number of nitrogens with zero attached hydrogens (tertiary/aromatic N) is 2. The van der Waals surface area contributed by atoms with Crippen molar-refractivity contribution >= 4 is 0 Å². The van der Waals surface area contributed by atoms with Gasteiger partial charge >= 0.3 is 0 Å². The molecule has 2 heterocycles. The van der Waals surface area contributed by atoms with Gasteiger partial charge in [-0.1, -0.05) is 67.2 Å². The Bertz CT molecular complexity index is 509. The maximum absolute atomic E-state index is 3.02. The van der Waals surface area contributed by atoms with Gasteiger partial charge in [0.2, 0.25) is 0 Å². The van der Waals surface area contributed by atoms with E-state index in [9.17, 15) is 0 Å². The minimum atomic E-state index is 0.819. The first-order valence-corrected chi connectivity index (χ1v) is 15.0. The zero-order chi connectivity index (χ0) is 23.1. The van der Waals surface area contributed by atoms with E-state index in [0.29, 0.717) is 0 Å². The van der Waals surface area contributed by atoms with Crippen LogP contribution in [0.15, 0.2) is 0 Å². The highest BCUT2D eigenvalue weighted by atomic mass is 15.2. The van der Waals surface area contributed by atoms with Crippen LogP contribution in [0.1, 0.15) is 125 Å². The number of likely N-dealkylation sites (tertiary alicyclic amines) is 2. The van der Waals surface area contributed by atoms with E-state index in [4.69, 9.17) is 0 Å². The number of hydrogen-bond acceptors (Lipinski definition) is 2. The average Bonchev–Trinajstić information content (AvgIpc) is 2.73. The Morgan fingerprint density at radius 3 is 2.16 bits per heavy atom. The first kappa shape index (κ1) is 26.5. The molecule has 0 aromatic heterocycles. The smallest absolute Gasteiger partial charge is 0.0101 e. The highest BCUT2D eigenvalue weighted by Crippen LogP contribution is 2.40. The summed E-state index contributed by atoms with van der Waals surface area (Å²) in [5.41, 5.74) is 0. The van der Waals surface area contributed by atoms with Crippen molar-refractivity contribution in [1.82, 2.24) is 9.80 Å². The third-order valence-electron chi connectivity index (χ3n) is 9.92. The molecule has 3 fully saturated rings. The zero-order valence-corrected chi connectivity index (χ0v) is 22.8. The van der Waals surface area contributed by atoms with Crippen LogP contribution >= 0.6 is 0 Å². The van der Waals surface area contributed by atoms with E-state index in [2.05, 4.69) is 51.3 Å². The standard InChI is InChI=1S/C30H58N2/c1-7-11-26-20-30(32(21-24(26)6)29-12-10-13-29)17-16-27-22-31(28(8-2)9-3)19-18-25(27)15-14-23(4)5/h23-30H,7-22H2,1-6H3/t24-,25+,26+,27+,30?/m0/s1. The summed E-state index contributed by atoms with van der Waals surface area (Å²) in [6.45, 7) is 18.7. The van der Waals surface area contributed by atoms with Crippen molar-refractivity contribution in [1.29, 1.82) is 0 Å². The normalized spacial score (nSPS) is 33.2. The second-order valence-electron chi connectivity index (χ2n) is 12.5. The van der Waals surface area contributed by atoms with Crippen LogP contribution in [-0.4, -0.2) is 47.6 Å². The van der Waals surface area contributed by atoms with Gasteiger partial charge in [-0.3, -0.25) is 4.90 Å². The molecule has 188 valence electrons. The molecule has 2 aliphatic heterocycles. The Morgan fingerprint density at radius 2 is 1.56 bits per heavy atom. The van der Waals surface area contributed by atoms with Crippen LogP contribution in [0.4, 0.5) is 0 Å². The van der Waals surface area contributed by atoms with Crippen molar-refractivity contribution in [2.75, 3.05) is 19.6 Å². The molecule has 0 amide bonds. The highest BCUT2D eigenvalue weighted by molar-refractivity contribution is 4.93. The number of hydrogen-bond donors (Lipinski definition) is 0. The fraction of sp³-hybridized carbons (Fsp3) is 1.00. The molecule has 0 N–H and O–H groups in total. The summed E-state index contributed by atoms with van der Waals surface area (Å²) in [5, 5.41) is 0. The molecule has 3 aliphatic rings. The Balaban J connectivity index is 1.65. The lowest BCUT2D eigenvalue weighted by atomic mass is 9.74. The van der Waals surface area contributed by atoms with Crippen molar-refractivity contribution in [3.63, 3.8) is 0 Å². The van der Waals surface area contributed by atoms with Crippen LogP contribution in [0, 0.1) is 29.6 Å². The summed E-state index contributed by atoms with van der Waals surface area (Å²) in [6.07, 6.45) is 18.7. The summed E-state index contributed by atoms with van der Waals surface area (Å²) in [5.74, 6) is 4.66. The molecule has 2 nitrogen and oxygen atoms in total. The van der Waals surface area contributed by atoms with E-state index < -0.39 is 0 Å². The predicted molar refractivity (Wildman–Crippen MR) is 141 cm³/mol. The zero-order valence-electron chi connectivity index (χ0n) is 22.8. The molecular weight excluding hydrogens is 388 g/mol. The fourth-order valence-electron chi connectivity index (χ4n) is 7.48. The molecule has 1 saturated carbocycles. The van der Waals surface area contributed by atoms with E-state index in [1.807, 2.05) is 0 Å². The number of piperidine rings is 2. The van der Waals surface area contributed by atoms with Gasteiger partial charge in [-0.25, -0.2) is 0 Å². The summed E-state index contributed by atoms with van der Waals surface area (Å²) in [4.78, 5) is 5.91. The lowest BCUT2D eigenvalue weighted by Gasteiger charge is -2.50. The predicted octanol–water partition coefficient (Wildman–Crippen LogP) is 8.01. The summed E-state index contributed by atoms with van der Waals surface area (Å²) < 4.78 is 0. The van der Waals surface area contributed by atoms with Gasteiger partial charge in [-0.05, 0) is 93.9 Å². The molecule has 0 aromatic carbocycles. The van der Waals surface area contributed by atoms with Gasteiger partial charge in [0.1, 0.15) is 0 Å². The second-order valence-corrected chi connectivity index (χ2v) is 12.5. The SMILES string of the molecule is CCC[C@@H]1CC(CC[C@@H]2CN(C(CC)CC)CC[C@H]2CCC(C)C)N(C2CCC2)C[C@@H]1C. The van der Waals surface area contributed by atoms with E-state index >= 15 is 0 Å². The molecule has 2 heteroatoms. The van der Waals surface area contributed by atoms with Crippen molar-refractivity contribution in [2.45, 2.75) is 143 Å². The first-order chi connectivity index (χ1) is 15.5. The third kappa shape index (κ3) is 6.97. The quantitative estimate of drug-likeness (QED) is 0.299. The largest absolute Gasteiger partial charge is 0.300 e. The van der Waals surface area contributed by atoms with Gasteiger partial charge < -0.3 is 4.90 Å². The molecule has 3 rings (SSSR count). The van der Waals surface area contributed by atoms with Gasteiger partial charge in [-0.2, -0.15) is 0 Å². The average molecular weight is 447 g/mol. The molecule has 1 unspecified atom stereocenters. The van der Waals surface area contributed by atoms with E-state index in [1.54, 1.807) is 0 Å². The maximum Gasteiger partial charge on any atom is 0.0101 e. The van der Waals surface area contributed by atoms with Crippen LogP contribution in [-0.2, 0) is 0 Å². The monoisotopic (exact) mass is 446 g/mol. The van der Waals surface area contributed by atoms with Crippen LogP contribution in [0.25, 0.3) is 0 Å². The summed E-state index contributed by atoms with van der Waals surface area (Å²) in [7, 11) is 0. The topological polar surface area (TPSA) is 6.48 Å². The Kier molecular flexibility index (Phi) is 10.9. The van der Waals surface area contributed by atoms with Crippen LogP contribution in [0.3, 0.4) is 0 Å². The van der Waals surface area contributed by atoms with Gasteiger partial charge in [0.25, 0.3) is 0 Å². The minimum Gasteiger partial charge on any atom is -0.300 e. The van der Waals surface area contributed by atoms with Crippen molar-refractivity contribution in [3.8, 4) is 0 Å². The fourth-order valence-corrected chi connectivity index (χ4v) is 7.48. The molecular formula is C30H58N2. The summed E-state index contributed by atoms with van der Waals surface area (Å²) in [6, 6.07) is 2.62. The summed E-state index contributed by atoms with van der Waals surface area (Å²) >= 11 is 0. The Hall–Kier alpha value is -0.0800. The van der Waals surface area contributed by atoms with E-state index in [0.717, 1.165) is 47.7 Å². The molecule has 2 saturated heterocycles. The van der Waals surface area contributed by atoms with Crippen LogP contribution in [0.5, 0.6) is 0 Å². The van der Waals surface area contributed by atoms with Crippen LogP contribution < -0.4 is 0 Å². The second kappa shape index (κ2) is 13.1. The first-order valence-electron chi connectivity index (χ1n) is 15.0. The van der Waals surface area contributed by atoms with E-state index in [1.165, 1.54) is 103 Å². The van der Waals surface area contributed by atoms with Gasteiger partial charge in [-0.15, -0.1) is 0 Å². The van der Waals surface area contributed by atoms with Gasteiger partial charge in [0.15, 0.2) is 0 Å². The van der Waals surface area contributed by atoms with Crippen LogP contribution in [0.2, 0.25) is 0 Å². The Morgan fingerprint density at radius 1 is 0.812 bits per heavy atom. The van der Waals surface area contributed by atoms with Crippen molar-refractivity contribution in [3.05, 3.63) is 0 Å². The molecule has 0 bridgehead atoms. The molecule has 1 aliphatic carbocycles. The molecule has 5 atom stereocenters. The minimum absolute atomic E-state index is 0.819. The third-order valence-corrected chi connectivity index (χ3v) is 9.92. The molecule has 0 spiro atoms. The lowest BCUT2D eigenvalue weighted by Crippen LogP contribution is -2.54. The van der Waals surface area contributed by atoms with Gasteiger partial charge in [0, 0.05) is 31.2 Å². The highest BCUT2D eigenvalue weighted by Gasteiger charge is 2.39. The molecule has 32 heavy (non-hydrogen) atoms. The molecule has 0 radical (unpaired) electrons. The molecule has 0 aromatic rings. The maximum atomic E-state index is 3.02. The van der Waals surface area contributed by atoms with Crippen molar-refractivity contribution < 1.29 is 0 Å². The van der Waals surface area contributed by atoms with E-state index in [-0.39, 0.29) is 0 Å². The van der Waals surface area contributed by atoms with Gasteiger partial charge in [0.05, 0.1) is 0 Å². The Labute approximate surface area is 202 Å².